The molecule has 0 amide bonds. The van der Waals surface area contributed by atoms with Gasteiger partial charge < -0.3 is 10.2 Å². The normalized spacial score (nSPS) is 20.2. The molecule has 1 N–H and O–H groups in total. The lowest BCUT2D eigenvalue weighted by Gasteiger charge is -2.24. The summed E-state index contributed by atoms with van der Waals surface area (Å²) in [7, 11) is 0. The number of hydrogen-bond donors (Lipinski definition) is 1. The Morgan fingerprint density at radius 1 is 1.35 bits per heavy atom. The lowest BCUT2D eigenvalue weighted by molar-refractivity contribution is 0.274. The zero-order valence-corrected chi connectivity index (χ0v) is 13.6. The van der Waals surface area contributed by atoms with Crippen LogP contribution in [0.3, 0.4) is 0 Å². The fraction of sp³-hybridized carbons (Fsp3) is 0.667. The minimum Gasteiger partial charge on any atom is -0.310 e. The van der Waals surface area contributed by atoms with Gasteiger partial charge in [0.15, 0.2) is 0 Å². The van der Waals surface area contributed by atoms with Gasteiger partial charge in [0.1, 0.15) is 0 Å². The number of hydrogen-bond acceptors (Lipinski definition) is 2. The summed E-state index contributed by atoms with van der Waals surface area (Å²) < 4.78 is 0. The zero-order chi connectivity index (χ0) is 14.6. The Hall–Kier alpha value is -0.860. The maximum atomic E-state index is 3.64. The molecule has 1 atom stereocenters. The van der Waals surface area contributed by atoms with E-state index in [-0.39, 0.29) is 0 Å². The third-order valence-corrected chi connectivity index (χ3v) is 4.39. The molecule has 0 spiro atoms. The Kier molecular flexibility index (Phi) is 5.22. The molecule has 1 fully saturated rings. The summed E-state index contributed by atoms with van der Waals surface area (Å²) in [5, 5.41) is 3.64. The van der Waals surface area contributed by atoms with E-state index < -0.39 is 0 Å². The molecule has 0 saturated carbocycles. The van der Waals surface area contributed by atoms with Crippen molar-refractivity contribution in [2.75, 3.05) is 26.2 Å². The number of nitrogens with zero attached hydrogens (tertiary/aromatic N) is 1. The Labute approximate surface area is 124 Å². The summed E-state index contributed by atoms with van der Waals surface area (Å²) in [5.74, 6) is 0. The predicted octanol–water partition coefficient (Wildman–Crippen LogP) is 3.77. The highest BCUT2D eigenvalue weighted by atomic mass is 15.2. The van der Waals surface area contributed by atoms with Crippen molar-refractivity contribution in [1.29, 1.82) is 0 Å². The number of nitrogens with one attached hydrogen (secondary N) is 1. The molecule has 1 unspecified atom stereocenters. The maximum absolute atomic E-state index is 3.64. The first-order valence-electron chi connectivity index (χ1n) is 8.02. The van der Waals surface area contributed by atoms with E-state index in [0.29, 0.717) is 11.5 Å². The lowest BCUT2D eigenvalue weighted by atomic mass is 9.93. The summed E-state index contributed by atoms with van der Waals surface area (Å²) >= 11 is 0. The average molecular weight is 274 g/mol. The van der Waals surface area contributed by atoms with Crippen LogP contribution in [0.25, 0.3) is 0 Å². The van der Waals surface area contributed by atoms with Gasteiger partial charge in [-0.05, 0) is 50.4 Å². The molecule has 2 nitrogen and oxygen atoms in total. The molecule has 20 heavy (non-hydrogen) atoms. The van der Waals surface area contributed by atoms with Crippen molar-refractivity contribution in [3.63, 3.8) is 0 Å². The summed E-state index contributed by atoms with van der Waals surface area (Å²) in [6, 6.07) is 9.42. The van der Waals surface area contributed by atoms with E-state index in [9.17, 15) is 0 Å². The zero-order valence-electron chi connectivity index (χ0n) is 13.6. The number of rotatable bonds is 6. The van der Waals surface area contributed by atoms with Gasteiger partial charge >= 0.3 is 0 Å². The van der Waals surface area contributed by atoms with Gasteiger partial charge in [0, 0.05) is 12.6 Å². The molecule has 0 radical (unpaired) electrons. The van der Waals surface area contributed by atoms with Gasteiger partial charge in [-0.2, -0.15) is 0 Å². The van der Waals surface area contributed by atoms with Crippen LogP contribution in [0.15, 0.2) is 24.3 Å². The van der Waals surface area contributed by atoms with Crippen LogP contribution in [-0.4, -0.2) is 31.1 Å². The summed E-state index contributed by atoms with van der Waals surface area (Å²) in [4.78, 5) is 2.63. The van der Waals surface area contributed by atoms with Gasteiger partial charge in [-0.25, -0.2) is 0 Å². The van der Waals surface area contributed by atoms with Crippen molar-refractivity contribution in [1.82, 2.24) is 10.2 Å². The van der Waals surface area contributed by atoms with Crippen LogP contribution in [-0.2, 0) is 0 Å². The van der Waals surface area contributed by atoms with E-state index in [1.54, 1.807) is 0 Å². The molecule has 1 aliphatic heterocycles. The molecule has 1 aromatic rings. The van der Waals surface area contributed by atoms with Crippen molar-refractivity contribution >= 4 is 0 Å². The first kappa shape index (κ1) is 15.5. The Bertz CT molecular complexity index is 425. The molecule has 1 aliphatic rings. The fourth-order valence-electron chi connectivity index (χ4n) is 3.25. The SMILES string of the molecule is CCNC(CCN1CCC(C)(C)C1)c1cccc(C)c1. The molecular weight excluding hydrogens is 244 g/mol. The third-order valence-electron chi connectivity index (χ3n) is 4.39. The van der Waals surface area contributed by atoms with E-state index in [0.717, 1.165) is 6.54 Å². The van der Waals surface area contributed by atoms with Crippen LogP contribution >= 0.6 is 0 Å². The minimum atomic E-state index is 0.489. The van der Waals surface area contributed by atoms with E-state index in [1.165, 1.54) is 43.6 Å². The van der Waals surface area contributed by atoms with Crippen molar-refractivity contribution in [2.24, 2.45) is 5.41 Å². The molecule has 0 aliphatic carbocycles. The van der Waals surface area contributed by atoms with Crippen LogP contribution in [0.1, 0.15) is 50.8 Å². The van der Waals surface area contributed by atoms with Gasteiger partial charge in [-0.3, -0.25) is 0 Å². The Morgan fingerprint density at radius 3 is 2.75 bits per heavy atom. The lowest BCUT2D eigenvalue weighted by Crippen LogP contribution is -2.29. The molecular formula is C18H30N2. The molecule has 1 aromatic carbocycles. The van der Waals surface area contributed by atoms with Crippen molar-refractivity contribution in [3.05, 3.63) is 35.4 Å². The Morgan fingerprint density at radius 2 is 2.15 bits per heavy atom. The number of aryl methyl sites for hydroxylation is 1. The number of benzene rings is 1. The molecule has 0 aromatic heterocycles. The first-order chi connectivity index (χ1) is 9.50. The second kappa shape index (κ2) is 6.73. The van der Waals surface area contributed by atoms with Gasteiger partial charge in [0.25, 0.3) is 0 Å². The van der Waals surface area contributed by atoms with Crippen molar-refractivity contribution in [3.8, 4) is 0 Å². The van der Waals surface area contributed by atoms with Crippen LogP contribution < -0.4 is 5.32 Å². The fourth-order valence-corrected chi connectivity index (χ4v) is 3.25. The summed E-state index contributed by atoms with van der Waals surface area (Å²) in [6.07, 6.45) is 2.54. The van der Waals surface area contributed by atoms with E-state index in [2.05, 4.69) is 62.2 Å². The first-order valence-corrected chi connectivity index (χ1v) is 8.02. The monoisotopic (exact) mass is 274 g/mol. The second-order valence-electron chi connectivity index (χ2n) is 7.00. The largest absolute Gasteiger partial charge is 0.310 e. The smallest absolute Gasteiger partial charge is 0.0332 e. The standard InChI is InChI=1S/C18H30N2/c1-5-19-17(16-8-6-7-15(2)13-16)9-11-20-12-10-18(3,4)14-20/h6-8,13,17,19H,5,9-12,14H2,1-4H3. The quantitative estimate of drug-likeness (QED) is 0.849. The molecule has 2 rings (SSSR count). The summed E-state index contributed by atoms with van der Waals surface area (Å²) in [5.41, 5.74) is 3.30. The predicted molar refractivity (Wildman–Crippen MR) is 87.1 cm³/mol. The Balaban J connectivity index is 1.93. The van der Waals surface area contributed by atoms with Gasteiger partial charge in [0.05, 0.1) is 0 Å². The van der Waals surface area contributed by atoms with E-state index in [1.807, 2.05) is 0 Å². The highest BCUT2D eigenvalue weighted by Gasteiger charge is 2.29. The molecule has 1 heterocycles. The van der Waals surface area contributed by atoms with Crippen molar-refractivity contribution in [2.45, 2.75) is 46.6 Å². The van der Waals surface area contributed by atoms with Crippen molar-refractivity contribution < 1.29 is 0 Å². The van der Waals surface area contributed by atoms with E-state index in [4.69, 9.17) is 0 Å². The van der Waals surface area contributed by atoms with Crippen LogP contribution in [0, 0.1) is 12.3 Å². The van der Waals surface area contributed by atoms with Gasteiger partial charge in [-0.1, -0.05) is 50.6 Å². The van der Waals surface area contributed by atoms with Crippen LogP contribution in [0.5, 0.6) is 0 Å². The van der Waals surface area contributed by atoms with Crippen LogP contribution in [0.4, 0.5) is 0 Å². The minimum absolute atomic E-state index is 0.489. The number of likely N-dealkylation sites (tertiary alicyclic amines) is 1. The summed E-state index contributed by atoms with van der Waals surface area (Å²) in [6.45, 7) is 13.9. The van der Waals surface area contributed by atoms with Gasteiger partial charge in [-0.15, -0.1) is 0 Å². The van der Waals surface area contributed by atoms with Crippen LogP contribution in [0.2, 0.25) is 0 Å². The average Bonchev–Trinajstić information content (AvgIpc) is 2.74. The third kappa shape index (κ3) is 4.32. The van der Waals surface area contributed by atoms with Gasteiger partial charge in [0.2, 0.25) is 0 Å². The molecule has 0 bridgehead atoms. The highest BCUT2D eigenvalue weighted by Crippen LogP contribution is 2.29. The molecule has 1 saturated heterocycles. The second-order valence-corrected chi connectivity index (χ2v) is 7.00. The molecule has 112 valence electrons. The highest BCUT2D eigenvalue weighted by molar-refractivity contribution is 5.25. The maximum Gasteiger partial charge on any atom is 0.0332 e. The topological polar surface area (TPSA) is 15.3 Å². The molecule has 2 heteroatoms. The van der Waals surface area contributed by atoms with E-state index >= 15 is 0 Å².